The highest BCUT2D eigenvalue weighted by Crippen LogP contribution is 2.34. The van der Waals surface area contributed by atoms with Crippen molar-refractivity contribution in [3.05, 3.63) is 16.3 Å². The summed E-state index contributed by atoms with van der Waals surface area (Å²) >= 11 is 1.67. The predicted octanol–water partition coefficient (Wildman–Crippen LogP) is 1.30. The van der Waals surface area contributed by atoms with Crippen LogP contribution < -0.4 is 16.0 Å². The lowest BCUT2D eigenvalue weighted by Gasteiger charge is -2.19. The third-order valence-electron chi connectivity index (χ3n) is 2.75. The van der Waals surface area contributed by atoms with E-state index in [4.69, 9.17) is 15.3 Å². The molecule has 1 fully saturated rings. The number of thiophene rings is 1. The average Bonchev–Trinajstić information content (AvgIpc) is 2.89. The summed E-state index contributed by atoms with van der Waals surface area (Å²) in [7, 11) is 1.68. The maximum atomic E-state index is 5.60. The molecular formula is C10H16N2O2S. The molecule has 0 spiro atoms. The van der Waals surface area contributed by atoms with Crippen LogP contribution in [0.4, 0.5) is 0 Å². The highest BCUT2D eigenvalue weighted by molar-refractivity contribution is 7.10. The maximum absolute atomic E-state index is 5.60. The molecule has 1 aliphatic rings. The highest BCUT2D eigenvalue weighted by Gasteiger charge is 2.27. The lowest BCUT2D eigenvalue weighted by atomic mass is 9.98. The summed E-state index contributed by atoms with van der Waals surface area (Å²) in [6.45, 7) is 1.63. The Morgan fingerprint density at radius 3 is 3.13 bits per heavy atom. The van der Waals surface area contributed by atoms with E-state index >= 15 is 0 Å². The molecule has 2 heterocycles. The minimum absolute atomic E-state index is 0.182. The summed E-state index contributed by atoms with van der Waals surface area (Å²) in [5, 5.41) is 2.00. The van der Waals surface area contributed by atoms with E-state index in [1.807, 2.05) is 11.4 Å². The van der Waals surface area contributed by atoms with E-state index in [-0.39, 0.29) is 6.04 Å². The third-order valence-corrected chi connectivity index (χ3v) is 3.75. The van der Waals surface area contributed by atoms with Crippen LogP contribution in [0.1, 0.15) is 17.3 Å². The number of rotatable bonds is 4. The SMILES string of the molecule is COc1csc(C(NN)C2CCOC2)c1. The Hall–Kier alpha value is -0.620. The van der Waals surface area contributed by atoms with Crippen LogP contribution >= 0.6 is 11.3 Å². The first-order valence-electron chi connectivity index (χ1n) is 5.01. The van der Waals surface area contributed by atoms with Gasteiger partial charge in [0.05, 0.1) is 19.8 Å². The van der Waals surface area contributed by atoms with Gasteiger partial charge in [0.1, 0.15) is 5.75 Å². The maximum Gasteiger partial charge on any atom is 0.129 e. The van der Waals surface area contributed by atoms with Gasteiger partial charge in [0, 0.05) is 22.8 Å². The molecule has 0 bridgehead atoms. The van der Waals surface area contributed by atoms with Crippen molar-refractivity contribution >= 4 is 11.3 Å². The van der Waals surface area contributed by atoms with Gasteiger partial charge in [0.25, 0.3) is 0 Å². The van der Waals surface area contributed by atoms with Crippen molar-refractivity contribution in [2.75, 3.05) is 20.3 Å². The van der Waals surface area contributed by atoms with Gasteiger partial charge >= 0.3 is 0 Å². The predicted molar refractivity (Wildman–Crippen MR) is 59.9 cm³/mol. The van der Waals surface area contributed by atoms with Crippen LogP contribution in [0.3, 0.4) is 0 Å². The Labute approximate surface area is 93.3 Å². The molecule has 3 N–H and O–H groups in total. The van der Waals surface area contributed by atoms with Crippen LogP contribution in [0.2, 0.25) is 0 Å². The third kappa shape index (κ3) is 2.31. The summed E-state index contributed by atoms with van der Waals surface area (Å²) in [4.78, 5) is 1.21. The van der Waals surface area contributed by atoms with Crippen LogP contribution in [-0.2, 0) is 4.74 Å². The van der Waals surface area contributed by atoms with Gasteiger partial charge in [-0.15, -0.1) is 11.3 Å². The van der Waals surface area contributed by atoms with Gasteiger partial charge in [-0.05, 0) is 12.5 Å². The van der Waals surface area contributed by atoms with Crippen LogP contribution in [0.5, 0.6) is 5.75 Å². The first kappa shape index (κ1) is 10.9. The Balaban J connectivity index is 2.10. The van der Waals surface area contributed by atoms with Gasteiger partial charge in [0.2, 0.25) is 0 Å². The summed E-state index contributed by atoms with van der Waals surface area (Å²) in [6.07, 6.45) is 1.06. The Kier molecular flexibility index (Phi) is 3.58. The number of hydrogen-bond donors (Lipinski definition) is 2. The zero-order chi connectivity index (χ0) is 10.7. The first-order chi connectivity index (χ1) is 7.35. The van der Waals surface area contributed by atoms with Crippen molar-refractivity contribution in [1.29, 1.82) is 0 Å². The lowest BCUT2D eigenvalue weighted by Crippen LogP contribution is -2.33. The molecule has 0 radical (unpaired) electrons. The Bertz CT molecular complexity index is 310. The molecule has 1 saturated heterocycles. The number of ether oxygens (including phenoxy) is 2. The van der Waals surface area contributed by atoms with E-state index in [1.165, 1.54) is 4.88 Å². The van der Waals surface area contributed by atoms with E-state index in [0.717, 1.165) is 25.4 Å². The fourth-order valence-electron chi connectivity index (χ4n) is 1.87. The fraction of sp³-hybridized carbons (Fsp3) is 0.600. The fourth-order valence-corrected chi connectivity index (χ4v) is 2.88. The summed E-state index contributed by atoms with van der Waals surface area (Å²) in [5.41, 5.74) is 2.87. The van der Waals surface area contributed by atoms with Gasteiger partial charge < -0.3 is 9.47 Å². The monoisotopic (exact) mass is 228 g/mol. The molecule has 2 unspecified atom stereocenters. The molecule has 1 aromatic rings. The van der Waals surface area contributed by atoms with E-state index in [2.05, 4.69) is 5.43 Å². The van der Waals surface area contributed by atoms with E-state index < -0.39 is 0 Å². The Morgan fingerprint density at radius 2 is 2.60 bits per heavy atom. The zero-order valence-corrected chi connectivity index (χ0v) is 9.55. The molecule has 15 heavy (non-hydrogen) atoms. The average molecular weight is 228 g/mol. The van der Waals surface area contributed by atoms with Crippen LogP contribution in [0.25, 0.3) is 0 Å². The molecule has 5 heteroatoms. The van der Waals surface area contributed by atoms with Gasteiger partial charge in [-0.25, -0.2) is 0 Å². The van der Waals surface area contributed by atoms with Crippen molar-refractivity contribution < 1.29 is 9.47 Å². The van der Waals surface area contributed by atoms with Crippen molar-refractivity contribution in [2.24, 2.45) is 11.8 Å². The highest BCUT2D eigenvalue weighted by atomic mass is 32.1. The molecule has 1 aliphatic heterocycles. The quantitative estimate of drug-likeness (QED) is 0.602. The van der Waals surface area contributed by atoms with Gasteiger partial charge in [-0.3, -0.25) is 11.3 Å². The number of nitrogens with one attached hydrogen (secondary N) is 1. The van der Waals surface area contributed by atoms with Crippen molar-refractivity contribution in [3.8, 4) is 5.75 Å². The van der Waals surface area contributed by atoms with Crippen molar-refractivity contribution in [2.45, 2.75) is 12.5 Å². The van der Waals surface area contributed by atoms with Crippen molar-refractivity contribution in [3.63, 3.8) is 0 Å². The minimum atomic E-state index is 0.182. The molecular weight excluding hydrogens is 212 g/mol. The van der Waals surface area contributed by atoms with E-state index in [9.17, 15) is 0 Å². The smallest absolute Gasteiger partial charge is 0.129 e. The molecule has 1 aromatic heterocycles. The van der Waals surface area contributed by atoms with E-state index in [0.29, 0.717) is 5.92 Å². The van der Waals surface area contributed by atoms with E-state index in [1.54, 1.807) is 18.4 Å². The summed E-state index contributed by atoms with van der Waals surface area (Å²) in [5.74, 6) is 6.96. The van der Waals surface area contributed by atoms with Crippen LogP contribution in [-0.4, -0.2) is 20.3 Å². The molecule has 0 saturated carbocycles. The molecule has 2 atom stereocenters. The second kappa shape index (κ2) is 4.94. The lowest BCUT2D eigenvalue weighted by molar-refractivity contribution is 0.177. The topological polar surface area (TPSA) is 56.5 Å². The summed E-state index contributed by atoms with van der Waals surface area (Å²) < 4.78 is 10.5. The number of hydrogen-bond acceptors (Lipinski definition) is 5. The molecule has 0 aromatic carbocycles. The van der Waals surface area contributed by atoms with Gasteiger partial charge in [-0.2, -0.15) is 0 Å². The number of nitrogens with two attached hydrogens (primary N) is 1. The molecule has 4 nitrogen and oxygen atoms in total. The molecule has 0 amide bonds. The molecule has 2 rings (SSSR count). The number of hydrazine groups is 1. The second-order valence-corrected chi connectivity index (χ2v) is 4.60. The standard InChI is InChI=1S/C10H16N2O2S/c1-13-8-4-9(15-6-8)10(12-11)7-2-3-14-5-7/h4,6-7,10,12H,2-3,5,11H2,1H3. The van der Waals surface area contributed by atoms with Crippen LogP contribution in [0, 0.1) is 5.92 Å². The minimum Gasteiger partial charge on any atom is -0.496 e. The molecule has 84 valence electrons. The molecule has 0 aliphatic carbocycles. The zero-order valence-electron chi connectivity index (χ0n) is 8.73. The number of methoxy groups -OCH3 is 1. The summed E-state index contributed by atoms with van der Waals surface area (Å²) in [6, 6.07) is 2.22. The normalized spacial score (nSPS) is 22.9. The van der Waals surface area contributed by atoms with Gasteiger partial charge in [0.15, 0.2) is 0 Å². The second-order valence-electron chi connectivity index (χ2n) is 3.66. The van der Waals surface area contributed by atoms with Gasteiger partial charge in [-0.1, -0.05) is 0 Å². The van der Waals surface area contributed by atoms with Crippen molar-refractivity contribution in [1.82, 2.24) is 5.43 Å². The Morgan fingerprint density at radius 1 is 1.73 bits per heavy atom. The largest absolute Gasteiger partial charge is 0.496 e. The first-order valence-corrected chi connectivity index (χ1v) is 5.89. The van der Waals surface area contributed by atoms with Crippen LogP contribution in [0.15, 0.2) is 11.4 Å².